The predicted molar refractivity (Wildman–Crippen MR) is 133 cm³/mol. The molecule has 4 atom stereocenters. The summed E-state index contributed by atoms with van der Waals surface area (Å²) in [6, 6.07) is 2.80. The maximum atomic E-state index is 12.7. The van der Waals surface area contributed by atoms with Crippen LogP contribution in [0.3, 0.4) is 0 Å². The van der Waals surface area contributed by atoms with Gasteiger partial charge in [-0.1, -0.05) is 44.4 Å². The van der Waals surface area contributed by atoms with Crippen LogP contribution in [0.25, 0.3) is 0 Å². The van der Waals surface area contributed by atoms with E-state index < -0.39 is 36.5 Å². The molecule has 8 heteroatoms. The third-order valence-corrected chi connectivity index (χ3v) is 5.76. The first kappa shape index (κ1) is 28.9. The molecule has 0 saturated heterocycles. The quantitative estimate of drug-likeness (QED) is 0.160. The Morgan fingerprint density at radius 2 is 1.91 bits per heavy atom. The van der Waals surface area contributed by atoms with E-state index in [-0.39, 0.29) is 17.4 Å². The van der Waals surface area contributed by atoms with Gasteiger partial charge in [0, 0.05) is 6.07 Å². The lowest BCUT2D eigenvalue weighted by Crippen LogP contribution is -2.51. The van der Waals surface area contributed by atoms with E-state index >= 15 is 0 Å². The van der Waals surface area contributed by atoms with Gasteiger partial charge in [0.05, 0.1) is 24.6 Å². The van der Waals surface area contributed by atoms with Gasteiger partial charge in [-0.25, -0.2) is 0 Å². The van der Waals surface area contributed by atoms with Crippen LogP contribution in [0.2, 0.25) is 0 Å². The molecule has 0 heterocycles. The van der Waals surface area contributed by atoms with E-state index in [1.54, 1.807) is 25.1 Å². The smallest absolute Gasteiger partial charge is 0.305 e. The molecule has 0 aliphatic rings. The highest BCUT2D eigenvalue weighted by molar-refractivity contribution is 5.86. The molecular weight excluding hydrogens is 436 g/mol. The molecule has 8 nitrogen and oxygen atoms in total. The molecule has 0 aliphatic carbocycles. The minimum atomic E-state index is -1.12. The van der Waals surface area contributed by atoms with Gasteiger partial charge in [0.15, 0.2) is 0 Å². The maximum absolute atomic E-state index is 12.7. The standard InChI is InChI=1S/C26H38N2O6/c1-5-9-18(6-2)19(7-3)14-23(30)17(4)28-26(34)22(16-25(32)33)27-13-8-10-20-11-12-21(29)15-24(20)31/h5-6,9,11-12,15,17,19,22-23,27,29-31H,1-2,7-8,10,13-14,16H2,3-4H3,(H,28,34)(H,32,33)/b18-9+. The fourth-order valence-electron chi connectivity index (χ4n) is 3.71. The van der Waals surface area contributed by atoms with Crippen LogP contribution in [0.15, 0.2) is 55.2 Å². The van der Waals surface area contributed by atoms with Gasteiger partial charge in [-0.15, -0.1) is 0 Å². The minimum Gasteiger partial charge on any atom is -0.508 e. The summed E-state index contributed by atoms with van der Waals surface area (Å²) in [6.07, 6.45) is 6.24. The van der Waals surface area contributed by atoms with Gasteiger partial charge in [-0.3, -0.25) is 9.59 Å². The molecule has 6 N–H and O–H groups in total. The van der Waals surface area contributed by atoms with E-state index in [0.29, 0.717) is 31.4 Å². The van der Waals surface area contributed by atoms with E-state index in [2.05, 4.69) is 23.8 Å². The molecule has 1 rings (SSSR count). The van der Waals surface area contributed by atoms with Crippen molar-refractivity contribution >= 4 is 11.9 Å². The van der Waals surface area contributed by atoms with Crippen LogP contribution in [0, 0.1) is 5.92 Å². The van der Waals surface area contributed by atoms with Crippen molar-refractivity contribution in [1.29, 1.82) is 0 Å². The average Bonchev–Trinajstić information content (AvgIpc) is 2.78. The Morgan fingerprint density at radius 1 is 1.21 bits per heavy atom. The summed E-state index contributed by atoms with van der Waals surface area (Å²) in [5, 5.41) is 44.8. The molecule has 188 valence electrons. The molecule has 0 aliphatic heterocycles. The average molecular weight is 475 g/mol. The number of carboxylic acid groups (broad SMARTS) is 1. The summed E-state index contributed by atoms with van der Waals surface area (Å²) in [7, 11) is 0. The summed E-state index contributed by atoms with van der Waals surface area (Å²) in [4.78, 5) is 24.0. The zero-order valence-corrected chi connectivity index (χ0v) is 20.0. The number of benzene rings is 1. The van der Waals surface area contributed by atoms with Gasteiger partial charge in [0.1, 0.15) is 11.5 Å². The first-order chi connectivity index (χ1) is 16.1. The van der Waals surface area contributed by atoms with Crippen molar-refractivity contribution in [3.8, 4) is 11.5 Å². The number of allylic oxidation sites excluding steroid dienone is 4. The van der Waals surface area contributed by atoms with Crippen molar-refractivity contribution in [2.45, 2.75) is 64.1 Å². The Morgan fingerprint density at radius 3 is 2.47 bits per heavy atom. The number of aliphatic hydroxyl groups is 1. The van der Waals surface area contributed by atoms with Crippen molar-refractivity contribution in [2.24, 2.45) is 5.92 Å². The van der Waals surface area contributed by atoms with Gasteiger partial charge in [0.2, 0.25) is 5.91 Å². The van der Waals surface area contributed by atoms with Crippen LogP contribution in [0.4, 0.5) is 0 Å². The van der Waals surface area contributed by atoms with Crippen molar-refractivity contribution in [3.63, 3.8) is 0 Å². The van der Waals surface area contributed by atoms with Gasteiger partial charge in [-0.2, -0.15) is 0 Å². The van der Waals surface area contributed by atoms with Crippen LogP contribution in [0.1, 0.15) is 45.1 Å². The minimum absolute atomic E-state index is 0.0180. The fourth-order valence-corrected chi connectivity index (χ4v) is 3.71. The molecule has 0 spiro atoms. The van der Waals surface area contributed by atoms with Crippen LogP contribution in [0.5, 0.6) is 11.5 Å². The second-order valence-electron chi connectivity index (χ2n) is 8.33. The van der Waals surface area contributed by atoms with Crippen LogP contribution in [-0.2, 0) is 16.0 Å². The first-order valence-electron chi connectivity index (χ1n) is 11.5. The number of hydrogen-bond acceptors (Lipinski definition) is 6. The lowest BCUT2D eigenvalue weighted by molar-refractivity contribution is -0.140. The number of nitrogens with one attached hydrogen (secondary N) is 2. The van der Waals surface area contributed by atoms with E-state index in [9.17, 15) is 30.0 Å². The topological polar surface area (TPSA) is 139 Å². The number of carbonyl (C=O) groups is 2. The molecular formula is C26H38N2O6. The van der Waals surface area contributed by atoms with Crippen molar-refractivity contribution in [3.05, 3.63) is 60.7 Å². The molecule has 1 aromatic carbocycles. The number of phenolic OH excluding ortho intramolecular Hbond substituents is 2. The second-order valence-corrected chi connectivity index (χ2v) is 8.33. The largest absolute Gasteiger partial charge is 0.508 e. The molecule has 0 fully saturated rings. The predicted octanol–water partition coefficient (Wildman–Crippen LogP) is 3.04. The summed E-state index contributed by atoms with van der Waals surface area (Å²) in [5.41, 5.74) is 1.60. The number of phenols is 2. The Hall–Kier alpha value is -3.10. The van der Waals surface area contributed by atoms with Crippen LogP contribution >= 0.6 is 0 Å². The van der Waals surface area contributed by atoms with Gasteiger partial charge < -0.3 is 31.1 Å². The SMILES string of the molecule is C=C/C=C(\C=C)C(CC)CC(O)C(C)NC(=O)C(CC(=O)O)NCCCc1ccc(O)cc1O. The lowest BCUT2D eigenvalue weighted by atomic mass is 9.88. The number of amides is 1. The number of aliphatic carboxylic acids is 1. The highest BCUT2D eigenvalue weighted by Crippen LogP contribution is 2.24. The maximum Gasteiger partial charge on any atom is 0.305 e. The summed E-state index contributed by atoms with van der Waals surface area (Å²) in [6.45, 7) is 11.5. The van der Waals surface area contributed by atoms with Crippen molar-refractivity contribution in [2.75, 3.05) is 6.54 Å². The summed E-state index contributed by atoms with van der Waals surface area (Å²) >= 11 is 0. The van der Waals surface area contributed by atoms with Gasteiger partial charge in [-0.05, 0) is 62.3 Å². The van der Waals surface area contributed by atoms with E-state index in [4.69, 9.17) is 0 Å². The number of rotatable bonds is 16. The molecule has 4 unspecified atom stereocenters. The number of aryl methyl sites for hydroxylation is 1. The number of hydrogen-bond donors (Lipinski definition) is 6. The Kier molecular flexibility index (Phi) is 12.7. The fraction of sp³-hybridized carbons (Fsp3) is 0.462. The van der Waals surface area contributed by atoms with E-state index in [0.717, 1.165) is 12.0 Å². The molecule has 1 amide bonds. The number of aromatic hydroxyl groups is 2. The zero-order valence-electron chi connectivity index (χ0n) is 20.0. The third kappa shape index (κ3) is 9.80. The molecule has 1 aromatic rings. The normalized spacial score (nSPS) is 15.1. The highest BCUT2D eigenvalue weighted by atomic mass is 16.4. The second kappa shape index (κ2) is 14.9. The molecule has 0 aromatic heterocycles. The highest BCUT2D eigenvalue weighted by Gasteiger charge is 2.26. The number of aliphatic hydroxyl groups excluding tert-OH is 1. The first-order valence-corrected chi connectivity index (χ1v) is 11.5. The van der Waals surface area contributed by atoms with Crippen molar-refractivity contribution in [1.82, 2.24) is 10.6 Å². The van der Waals surface area contributed by atoms with E-state index in [1.165, 1.54) is 12.1 Å². The third-order valence-electron chi connectivity index (χ3n) is 5.76. The number of carboxylic acids is 1. The Bertz CT molecular complexity index is 867. The molecule has 34 heavy (non-hydrogen) atoms. The number of carbonyl (C=O) groups excluding carboxylic acids is 1. The lowest BCUT2D eigenvalue weighted by Gasteiger charge is -2.27. The summed E-state index contributed by atoms with van der Waals surface area (Å²) < 4.78 is 0. The van der Waals surface area contributed by atoms with Crippen LogP contribution < -0.4 is 10.6 Å². The Labute approximate surface area is 201 Å². The Balaban J connectivity index is 2.67. The zero-order chi connectivity index (χ0) is 25.7. The summed E-state index contributed by atoms with van der Waals surface area (Å²) in [5.74, 6) is -1.62. The van der Waals surface area contributed by atoms with Gasteiger partial charge in [0.25, 0.3) is 0 Å². The molecule has 0 radical (unpaired) electrons. The monoisotopic (exact) mass is 474 g/mol. The van der Waals surface area contributed by atoms with Gasteiger partial charge >= 0.3 is 5.97 Å². The van der Waals surface area contributed by atoms with Crippen molar-refractivity contribution < 1.29 is 30.0 Å². The molecule has 0 saturated carbocycles. The molecule has 0 bridgehead atoms. The van der Waals surface area contributed by atoms with Crippen LogP contribution in [-0.4, -0.2) is 57.0 Å². The van der Waals surface area contributed by atoms with E-state index in [1.807, 2.05) is 13.0 Å².